The van der Waals surface area contributed by atoms with E-state index in [1.165, 1.54) is 0 Å². The summed E-state index contributed by atoms with van der Waals surface area (Å²) in [5, 5.41) is 4.79. The Kier molecular flexibility index (Phi) is 7.02. The molecule has 8 nitrogen and oxygen atoms in total. The smallest absolute Gasteiger partial charge is 0.232 e. The van der Waals surface area contributed by atoms with E-state index in [1.807, 2.05) is 35.0 Å². The average molecular weight is 437 g/mol. The van der Waals surface area contributed by atoms with Crippen molar-refractivity contribution < 1.29 is 9.15 Å². The molecule has 0 bridgehead atoms. The molecule has 0 aliphatic heterocycles. The van der Waals surface area contributed by atoms with Crippen molar-refractivity contribution >= 4 is 23.8 Å². The largest absolute Gasteiger partial charge is 0.470 e. The number of oxazole rings is 1. The van der Waals surface area contributed by atoms with Crippen LogP contribution in [0.1, 0.15) is 35.7 Å². The highest BCUT2D eigenvalue weighted by Crippen LogP contribution is 2.14. The lowest BCUT2D eigenvalue weighted by atomic mass is 10.2. The Morgan fingerprint density at radius 2 is 1.94 bits per heavy atom. The van der Waals surface area contributed by atoms with Gasteiger partial charge in [-0.05, 0) is 43.0 Å². The molecule has 0 N–H and O–H groups in total. The van der Waals surface area contributed by atoms with Gasteiger partial charge in [0.15, 0.2) is 0 Å². The summed E-state index contributed by atoms with van der Waals surface area (Å²) in [5.41, 5.74) is 2.62. The van der Waals surface area contributed by atoms with Crippen LogP contribution in [0.25, 0.3) is 12.2 Å². The Morgan fingerprint density at radius 1 is 1.03 bits per heavy atom. The maximum atomic E-state index is 5.89. The molecule has 3 aromatic heterocycles. The highest BCUT2D eigenvalue weighted by molar-refractivity contribution is 6.30. The van der Waals surface area contributed by atoms with Crippen molar-refractivity contribution in [3.63, 3.8) is 0 Å². The van der Waals surface area contributed by atoms with E-state index in [0.29, 0.717) is 22.5 Å². The van der Waals surface area contributed by atoms with Crippen molar-refractivity contribution in [2.24, 2.45) is 0 Å². The number of rotatable bonds is 10. The summed E-state index contributed by atoms with van der Waals surface area (Å²) < 4.78 is 12.9. The van der Waals surface area contributed by atoms with E-state index in [4.69, 9.17) is 20.8 Å². The molecule has 4 rings (SSSR count). The fraction of sp³-hybridized carbons (Fsp3) is 0.227. The Bertz CT molecular complexity index is 1090. The summed E-state index contributed by atoms with van der Waals surface area (Å²) in [6.07, 6.45) is 14.8. The van der Waals surface area contributed by atoms with E-state index in [1.54, 1.807) is 37.4 Å². The Morgan fingerprint density at radius 3 is 2.71 bits per heavy atom. The lowest BCUT2D eigenvalue weighted by Crippen LogP contribution is -2.01. The first kappa shape index (κ1) is 20.7. The number of nitrogens with zero attached hydrogens (tertiary/aromatic N) is 6. The number of unbranched alkanes of at least 4 members (excludes halogenated alkanes) is 1. The molecule has 3 heterocycles. The fourth-order valence-corrected chi connectivity index (χ4v) is 2.96. The van der Waals surface area contributed by atoms with Crippen molar-refractivity contribution in [2.75, 3.05) is 0 Å². The van der Waals surface area contributed by atoms with Crippen molar-refractivity contribution in [1.29, 1.82) is 0 Å². The van der Waals surface area contributed by atoms with Crippen LogP contribution < -0.4 is 4.74 Å². The highest BCUT2D eigenvalue weighted by Gasteiger charge is 2.04. The summed E-state index contributed by atoms with van der Waals surface area (Å²) >= 11 is 5.89. The summed E-state index contributed by atoms with van der Waals surface area (Å²) in [6.45, 7) is 1.10. The first-order valence-corrected chi connectivity index (χ1v) is 10.3. The van der Waals surface area contributed by atoms with Crippen LogP contribution >= 0.6 is 11.6 Å². The van der Waals surface area contributed by atoms with Gasteiger partial charge < -0.3 is 9.15 Å². The van der Waals surface area contributed by atoms with Crippen LogP contribution in [0.2, 0.25) is 5.02 Å². The predicted molar refractivity (Wildman–Crippen MR) is 116 cm³/mol. The maximum Gasteiger partial charge on any atom is 0.232 e. The molecule has 0 aliphatic rings. The molecule has 0 unspecified atom stereocenters. The van der Waals surface area contributed by atoms with Crippen LogP contribution in [-0.2, 0) is 19.6 Å². The summed E-state index contributed by atoms with van der Waals surface area (Å²) in [4.78, 5) is 17.0. The van der Waals surface area contributed by atoms with Crippen LogP contribution in [0.5, 0.6) is 5.88 Å². The van der Waals surface area contributed by atoms with Gasteiger partial charge in [0.1, 0.15) is 31.2 Å². The molecule has 31 heavy (non-hydrogen) atoms. The standard InChI is InChI=1S/C22H21ClN6O2/c23-18-7-4-17(5-8-18)6-9-21-28-20(13-30-21)14-31-22-12-25-19(11-26-22)3-1-2-10-29-16-24-15-27-29/h4-9,11-13,15-16H,1-3,10,14H2/b9-6+. The Labute approximate surface area is 184 Å². The number of ether oxygens (including phenoxy) is 1. The van der Waals surface area contributed by atoms with E-state index in [9.17, 15) is 0 Å². The molecule has 9 heteroatoms. The second-order valence-corrected chi connectivity index (χ2v) is 7.25. The second-order valence-electron chi connectivity index (χ2n) is 6.81. The summed E-state index contributed by atoms with van der Waals surface area (Å²) in [7, 11) is 0. The van der Waals surface area contributed by atoms with Crippen LogP contribution in [0.15, 0.2) is 60.0 Å². The number of hydrogen-bond donors (Lipinski definition) is 0. The zero-order valence-corrected chi connectivity index (χ0v) is 17.5. The summed E-state index contributed by atoms with van der Waals surface area (Å²) in [6, 6.07) is 7.51. The number of aryl methyl sites for hydroxylation is 2. The number of benzene rings is 1. The minimum Gasteiger partial charge on any atom is -0.470 e. The van der Waals surface area contributed by atoms with E-state index in [-0.39, 0.29) is 6.61 Å². The second kappa shape index (κ2) is 10.5. The molecule has 158 valence electrons. The van der Waals surface area contributed by atoms with Crippen LogP contribution in [0.4, 0.5) is 0 Å². The number of aromatic nitrogens is 6. The van der Waals surface area contributed by atoms with Gasteiger partial charge in [-0.25, -0.2) is 15.0 Å². The van der Waals surface area contributed by atoms with E-state index < -0.39 is 0 Å². The van der Waals surface area contributed by atoms with Gasteiger partial charge in [-0.1, -0.05) is 23.7 Å². The van der Waals surface area contributed by atoms with Gasteiger partial charge in [-0.3, -0.25) is 9.67 Å². The zero-order chi connectivity index (χ0) is 21.3. The molecule has 0 radical (unpaired) electrons. The fourth-order valence-electron chi connectivity index (χ4n) is 2.83. The van der Waals surface area contributed by atoms with Crippen LogP contribution in [-0.4, -0.2) is 29.7 Å². The maximum absolute atomic E-state index is 5.89. The van der Waals surface area contributed by atoms with Gasteiger partial charge in [-0.15, -0.1) is 0 Å². The Balaban J connectivity index is 1.20. The minimum atomic E-state index is 0.254. The SMILES string of the molecule is Clc1ccc(/C=C/c2nc(COc3cnc(CCCCn4cncn4)cn3)co2)cc1. The number of hydrogen-bond acceptors (Lipinski definition) is 7. The van der Waals surface area contributed by atoms with E-state index >= 15 is 0 Å². The molecule has 0 spiro atoms. The molecule has 1 aromatic carbocycles. The van der Waals surface area contributed by atoms with Crippen LogP contribution in [0, 0.1) is 0 Å². The summed E-state index contributed by atoms with van der Waals surface area (Å²) in [5.74, 6) is 0.952. The molecule has 0 fully saturated rings. The average Bonchev–Trinajstić information content (AvgIpc) is 3.48. The van der Waals surface area contributed by atoms with Crippen molar-refractivity contribution in [1.82, 2.24) is 29.7 Å². The first-order chi connectivity index (χ1) is 15.2. The molecule has 0 aliphatic carbocycles. The molecule has 0 saturated heterocycles. The van der Waals surface area contributed by atoms with Crippen molar-refractivity contribution in [2.45, 2.75) is 32.4 Å². The minimum absolute atomic E-state index is 0.254. The van der Waals surface area contributed by atoms with Gasteiger partial charge in [0.2, 0.25) is 11.8 Å². The molecular weight excluding hydrogens is 416 g/mol. The molecule has 0 atom stereocenters. The third kappa shape index (κ3) is 6.48. The quantitative estimate of drug-likeness (QED) is 0.338. The Hall–Kier alpha value is -3.52. The third-order valence-electron chi connectivity index (χ3n) is 4.44. The monoisotopic (exact) mass is 436 g/mol. The van der Waals surface area contributed by atoms with Gasteiger partial charge in [0.05, 0.1) is 18.1 Å². The lowest BCUT2D eigenvalue weighted by molar-refractivity contribution is 0.287. The first-order valence-electron chi connectivity index (χ1n) is 9.89. The van der Waals surface area contributed by atoms with E-state index in [2.05, 4.69) is 25.0 Å². The van der Waals surface area contributed by atoms with E-state index in [0.717, 1.165) is 37.1 Å². The molecule has 0 saturated carbocycles. The lowest BCUT2D eigenvalue weighted by Gasteiger charge is -2.04. The van der Waals surface area contributed by atoms with Crippen molar-refractivity contribution in [3.8, 4) is 5.88 Å². The third-order valence-corrected chi connectivity index (χ3v) is 4.70. The molecular formula is C22H21ClN6O2. The van der Waals surface area contributed by atoms with Gasteiger partial charge in [-0.2, -0.15) is 5.10 Å². The highest BCUT2D eigenvalue weighted by atomic mass is 35.5. The predicted octanol–water partition coefficient (Wildman–Crippen LogP) is 4.48. The van der Waals surface area contributed by atoms with Crippen molar-refractivity contribution in [3.05, 3.63) is 83.4 Å². The molecule has 4 aromatic rings. The van der Waals surface area contributed by atoms with Gasteiger partial charge in [0.25, 0.3) is 0 Å². The topological polar surface area (TPSA) is 91.8 Å². The van der Waals surface area contributed by atoms with Crippen LogP contribution in [0.3, 0.4) is 0 Å². The molecule has 0 amide bonds. The van der Waals surface area contributed by atoms with Gasteiger partial charge >= 0.3 is 0 Å². The van der Waals surface area contributed by atoms with Gasteiger partial charge in [0, 0.05) is 17.6 Å². The number of halogens is 1. The zero-order valence-electron chi connectivity index (χ0n) is 16.8. The normalized spacial score (nSPS) is 11.3.